The highest BCUT2D eigenvalue weighted by atomic mass is 35.5. The fourth-order valence-electron chi connectivity index (χ4n) is 1.29. The van der Waals surface area contributed by atoms with E-state index in [9.17, 15) is 0 Å². The van der Waals surface area contributed by atoms with E-state index in [-0.39, 0.29) is 5.54 Å². The molecule has 0 aromatic carbocycles. The van der Waals surface area contributed by atoms with E-state index in [4.69, 9.17) is 16.0 Å². The van der Waals surface area contributed by atoms with E-state index in [2.05, 4.69) is 31.1 Å². The lowest BCUT2D eigenvalue weighted by Gasteiger charge is -2.18. The van der Waals surface area contributed by atoms with Crippen molar-refractivity contribution in [3.8, 4) is 10.6 Å². The Morgan fingerprint density at radius 3 is 2.76 bits per heavy atom. The van der Waals surface area contributed by atoms with Crippen molar-refractivity contribution in [1.29, 1.82) is 0 Å². The first-order valence-corrected chi connectivity index (χ1v) is 6.59. The molecule has 0 fully saturated rings. The van der Waals surface area contributed by atoms with E-state index in [1.165, 1.54) is 11.3 Å². The molecule has 0 aliphatic heterocycles. The summed E-state index contributed by atoms with van der Waals surface area (Å²) >= 11 is 7.37. The summed E-state index contributed by atoms with van der Waals surface area (Å²) in [5, 5.41) is 3.33. The van der Waals surface area contributed by atoms with Gasteiger partial charge in [-0.3, -0.25) is 0 Å². The van der Waals surface area contributed by atoms with Crippen molar-refractivity contribution in [2.75, 3.05) is 0 Å². The summed E-state index contributed by atoms with van der Waals surface area (Å²) in [6.45, 7) is 6.95. The van der Waals surface area contributed by atoms with Gasteiger partial charge in [0.1, 0.15) is 0 Å². The van der Waals surface area contributed by atoms with Crippen LogP contribution in [0.1, 0.15) is 26.7 Å². The number of hydrogen-bond acceptors (Lipinski definition) is 4. The van der Waals surface area contributed by atoms with Gasteiger partial charge in [-0.15, -0.1) is 11.3 Å². The molecular formula is C12H15ClN2OS. The summed E-state index contributed by atoms with van der Waals surface area (Å²) in [7, 11) is 0. The smallest absolute Gasteiger partial charge is 0.208 e. The molecule has 0 unspecified atom stereocenters. The third kappa shape index (κ3) is 3.56. The van der Waals surface area contributed by atoms with E-state index in [1.807, 2.05) is 12.1 Å². The summed E-state index contributed by atoms with van der Waals surface area (Å²) in [5.74, 6) is 1.46. The van der Waals surface area contributed by atoms with Crippen LogP contribution in [0.3, 0.4) is 0 Å². The number of thiophene rings is 1. The zero-order valence-corrected chi connectivity index (χ0v) is 11.7. The first-order chi connectivity index (χ1) is 7.94. The molecule has 2 heterocycles. The molecule has 2 rings (SSSR count). The topological polar surface area (TPSA) is 38.1 Å². The van der Waals surface area contributed by atoms with Crippen LogP contribution in [-0.4, -0.2) is 10.5 Å². The summed E-state index contributed by atoms with van der Waals surface area (Å²) < 4.78 is 6.41. The zero-order valence-electron chi connectivity index (χ0n) is 10.1. The van der Waals surface area contributed by atoms with Gasteiger partial charge >= 0.3 is 0 Å². The number of nitrogens with one attached hydrogen (secondary N) is 1. The van der Waals surface area contributed by atoms with Crippen LogP contribution in [0, 0.1) is 0 Å². The molecule has 0 atom stereocenters. The van der Waals surface area contributed by atoms with Crippen molar-refractivity contribution in [1.82, 2.24) is 10.3 Å². The molecule has 0 bridgehead atoms. The molecule has 0 saturated carbocycles. The predicted octanol–water partition coefficient (Wildman–Crippen LogP) is 3.94. The second kappa shape index (κ2) is 4.80. The molecule has 0 radical (unpaired) electrons. The number of oxazole rings is 1. The van der Waals surface area contributed by atoms with Gasteiger partial charge in [-0.25, -0.2) is 4.98 Å². The Morgan fingerprint density at radius 1 is 1.41 bits per heavy atom. The zero-order chi connectivity index (χ0) is 12.5. The lowest BCUT2D eigenvalue weighted by molar-refractivity contribution is 0.384. The minimum atomic E-state index is 0.0564. The van der Waals surface area contributed by atoms with Crippen LogP contribution in [0.15, 0.2) is 22.7 Å². The molecular weight excluding hydrogens is 256 g/mol. The normalized spacial score (nSPS) is 12.0. The Bertz CT molecular complexity index is 499. The molecule has 0 aliphatic rings. The molecule has 3 nitrogen and oxygen atoms in total. The molecule has 92 valence electrons. The minimum Gasteiger partial charge on any atom is -0.438 e. The fourth-order valence-corrected chi connectivity index (χ4v) is 2.28. The van der Waals surface area contributed by atoms with Crippen LogP contribution < -0.4 is 5.32 Å². The van der Waals surface area contributed by atoms with E-state index in [1.54, 1.807) is 6.20 Å². The van der Waals surface area contributed by atoms with Gasteiger partial charge in [-0.05, 0) is 32.9 Å². The van der Waals surface area contributed by atoms with Crippen molar-refractivity contribution in [2.24, 2.45) is 0 Å². The monoisotopic (exact) mass is 270 g/mol. The van der Waals surface area contributed by atoms with Gasteiger partial charge in [-0.1, -0.05) is 11.6 Å². The molecule has 0 spiro atoms. The highest BCUT2D eigenvalue weighted by molar-refractivity contribution is 7.19. The van der Waals surface area contributed by atoms with Gasteiger partial charge < -0.3 is 9.73 Å². The molecule has 0 amide bonds. The van der Waals surface area contributed by atoms with Crippen molar-refractivity contribution in [2.45, 2.75) is 32.9 Å². The van der Waals surface area contributed by atoms with Crippen LogP contribution in [0.4, 0.5) is 0 Å². The van der Waals surface area contributed by atoms with E-state index in [0.29, 0.717) is 12.4 Å². The Labute approximate surface area is 110 Å². The van der Waals surface area contributed by atoms with Crippen molar-refractivity contribution in [3.63, 3.8) is 0 Å². The van der Waals surface area contributed by atoms with Gasteiger partial charge in [-0.2, -0.15) is 0 Å². The lowest BCUT2D eigenvalue weighted by atomic mass is 10.1. The average molecular weight is 271 g/mol. The molecule has 0 aliphatic carbocycles. The maximum Gasteiger partial charge on any atom is 0.208 e. The van der Waals surface area contributed by atoms with Crippen LogP contribution in [-0.2, 0) is 6.54 Å². The van der Waals surface area contributed by atoms with E-state index < -0.39 is 0 Å². The van der Waals surface area contributed by atoms with Gasteiger partial charge in [0.15, 0.2) is 5.76 Å². The molecule has 2 aromatic rings. The number of rotatable bonds is 3. The first-order valence-electron chi connectivity index (χ1n) is 5.39. The maximum atomic E-state index is 5.88. The van der Waals surface area contributed by atoms with Crippen molar-refractivity contribution >= 4 is 22.9 Å². The number of aromatic nitrogens is 1. The lowest BCUT2D eigenvalue weighted by Crippen LogP contribution is -2.35. The fraction of sp³-hybridized carbons (Fsp3) is 0.417. The first kappa shape index (κ1) is 12.6. The Kier molecular flexibility index (Phi) is 3.56. The van der Waals surface area contributed by atoms with Crippen molar-refractivity contribution in [3.05, 3.63) is 28.6 Å². The van der Waals surface area contributed by atoms with E-state index >= 15 is 0 Å². The standard InChI is InChI=1S/C12H15ClN2OS/c1-12(2,3)15-7-11-14-6-8(16-11)9-4-5-10(13)17-9/h4-6,15H,7H2,1-3H3. The van der Waals surface area contributed by atoms with E-state index in [0.717, 1.165) is 15.0 Å². The van der Waals surface area contributed by atoms with Gasteiger partial charge in [0, 0.05) is 5.54 Å². The summed E-state index contributed by atoms with van der Waals surface area (Å²) in [6.07, 6.45) is 1.74. The minimum absolute atomic E-state index is 0.0564. The third-order valence-corrected chi connectivity index (χ3v) is 3.39. The SMILES string of the molecule is CC(C)(C)NCc1ncc(-c2ccc(Cl)s2)o1. The Morgan fingerprint density at radius 2 is 2.18 bits per heavy atom. The summed E-state index contributed by atoms with van der Waals surface area (Å²) in [5.41, 5.74) is 0.0564. The Balaban J connectivity index is 2.06. The van der Waals surface area contributed by atoms with Crippen LogP contribution in [0.2, 0.25) is 4.34 Å². The van der Waals surface area contributed by atoms with Gasteiger partial charge in [0.25, 0.3) is 0 Å². The number of nitrogens with zero attached hydrogens (tertiary/aromatic N) is 1. The quantitative estimate of drug-likeness (QED) is 0.918. The van der Waals surface area contributed by atoms with Gasteiger partial charge in [0.05, 0.1) is 22.0 Å². The average Bonchev–Trinajstić information content (AvgIpc) is 2.81. The molecule has 0 saturated heterocycles. The molecule has 1 N–H and O–H groups in total. The molecule has 5 heteroatoms. The highest BCUT2D eigenvalue weighted by Gasteiger charge is 2.12. The van der Waals surface area contributed by atoms with Crippen LogP contribution in [0.25, 0.3) is 10.6 Å². The highest BCUT2D eigenvalue weighted by Crippen LogP contribution is 2.31. The predicted molar refractivity (Wildman–Crippen MR) is 71.4 cm³/mol. The number of halogens is 1. The second-order valence-electron chi connectivity index (χ2n) is 4.83. The summed E-state index contributed by atoms with van der Waals surface area (Å²) in [4.78, 5) is 5.24. The summed E-state index contributed by atoms with van der Waals surface area (Å²) in [6, 6.07) is 3.80. The van der Waals surface area contributed by atoms with Gasteiger partial charge in [0.2, 0.25) is 5.89 Å². The second-order valence-corrected chi connectivity index (χ2v) is 6.54. The Hall–Kier alpha value is -0.840. The van der Waals surface area contributed by atoms with Crippen LogP contribution >= 0.6 is 22.9 Å². The van der Waals surface area contributed by atoms with Crippen molar-refractivity contribution < 1.29 is 4.42 Å². The van der Waals surface area contributed by atoms with Crippen LogP contribution in [0.5, 0.6) is 0 Å². The maximum absolute atomic E-state index is 5.88. The molecule has 17 heavy (non-hydrogen) atoms. The molecule has 2 aromatic heterocycles. The third-order valence-electron chi connectivity index (χ3n) is 2.14. The number of hydrogen-bond donors (Lipinski definition) is 1. The largest absolute Gasteiger partial charge is 0.438 e.